The van der Waals surface area contributed by atoms with Crippen LogP contribution < -0.4 is 10.6 Å². The van der Waals surface area contributed by atoms with Crippen LogP contribution in [0.1, 0.15) is 19.7 Å². The molecule has 0 spiro atoms. The number of aromatic nitrogens is 3. The highest BCUT2D eigenvalue weighted by Gasteiger charge is 2.05. The first-order valence-electron chi connectivity index (χ1n) is 5.96. The molecule has 0 saturated heterocycles. The molecule has 2 aromatic heterocycles. The summed E-state index contributed by atoms with van der Waals surface area (Å²) in [5.41, 5.74) is 0.848. The Balaban J connectivity index is 0.00000180. The number of nitrogens with one attached hydrogen (secondary N) is 2. The minimum absolute atomic E-state index is 0. The molecule has 0 aromatic carbocycles. The normalized spacial score (nSPS) is 11.5. The van der Waals surface area contributed by atoms with Gasteiger partial charge < -0.3 is 10.6 Å². The smallest absolute Gasteiger partial charge is 0.191 e. The van der Waals surface area contributed by atoms with Gasteiger partial charge in [-0.1, -0.05) is 6.07 Å². The molecule has 7 heteroatoms. The Labute approximate surface area is 129 Å². The van der Waals surface area contributed by atoms with Crippen molar-refractivity contribution in [3.05, 3.63) is 30.2 Å². The van der Waals surface area contributed by atoms with Crippen LogP contribution in [0.2, 0.25) is 0 Å². The van der Waals surface area contributed by atoms with Gasteiger partial charge >= 0.3 is 0 Å². The second-order valence-corrected chi connectivity index (χ2v) is 4.27. The Morgan fingerprint density at radius 1 is 1.37 bits per heavy atom. The SMILES string of the molecule is CN=C(NCc1nnc2ccccn12)NC(C)C.I. The maximum atomic E-state index is 4.15. The van der Waals surface area contributed by atoms with Gasteiger partial charge in [0.15, 0.2) is 17.4 Å². The second kappa shape index (κ2) is 7.27. The van der Waals surface area contributed by atoms with Gasteiger partial charge in [-0.05, 0) is 26.0 Å². The molecule has 2 N–H and O–H groups in total. The van der Waals surface area contributed by atoms with Crippen LogP contribution >= 0.6 is 24.0 Å². The topological polar surface area (TPSA) is 66.6 Å². The molecular weight excluding hydrogens is 355 g/mol. The van der Waals surface area contributed by atoms with E-state index in [0.29, 0.717) is 12.6 Å². The highest BCUT2D eigenvalue weighted by molar-refractivity contribution is 14.0. The lowest BCUT2D eigenvalue weighted by Gasteiger charge is -2.13. The standard InChI is InChI=1S/C12H18N6.HI/c1-9(2)15-12(13-3)14-8-11-17-16-10-6-4-5-7-18(10)11;/h4-7,9H,8H2,1-3H3,(H2,13,14,15);1H. The van der Waals surface area contributed by atoms with Gasteiger partial charge in [0.25, 0.3) is 0 Å². The maximum Gasteiger partial charge on any atom is 0.191 e. The van der Waals surface area contributed by atoms with E-state index in [4.69, 9.17) is 0 Å². The van der Waals surface area contributed by atoms with Gasteiger partial charge in [0.05, 0.1) is 6.54 Å². The highest BCUT2D eigenvalue weighted by Crippen LogP contribution is 2.02. The number of guanidine groups is 1. The maximum absolute atomic E-state index is 4.15. The molecule has 0 radical (unpaired) electrons. The molecule has 0 aliphatic heterocycles. The lowest BCUT2D eigenvalue weighted by molar-refractivity contribution is 0.689. The van der Waals surface area contributed by atoms with E-state index < -0.39 is 0 Å². The van der Waals surface area contributed by atoms with Crippen LogP contribution in [-0.4, -0.2) is 33.6 Å². The summed E-state index contributed by atoms with van der Waals surface area (Å²) >= 11 is 0. The van der Waals surface area contributed by atoms with Crippen molar-refractivity contribution >= 4 is 35.6 Å². The molecule has 2 rings (SSSR count). The number of hydrogen-bond acceptors (Lipinski definition) is 3. The van der Waals surface area contributed by atoms with E-state index in [1.165, 1.54) is 0 Å². The predicted molar refractivity (Wildman–Crippen MR) is 86.9 cm³/mol. The molecule has 0 fully saturated rings. The third-order valence-corrected chi connectivity index (χ3v) is 2.45. The van der Waals surface area contributed by atoms with Crippen LogP contribution in [0.15, 0.2) is 29.4 Å². The van der Waals surface area contributed by atoms with Crippen LogP contribution in [0.5, 0.6) is 0 Å². The molecule has 0 aliphatic carbocycles. The molecule has 2 heterocycles. The summed E-state index contributed by atoms with van der Waals surface area (Å²) in [5, 5.41) is 14.7. The Morgan fingerprint density at radius 2 is 2.16 bits per heavy atom. The molecule has 0 bridgehead atoms. The quantitative estimate of drug-likeness (QED) is 0.485. The monoisotopic (exact) mass is 374 g/mol. The molecule has 0 amide bonds. The summed E-state index contributed by atoms with van der Waals surface area (Å²) in [6, 6.07) is 6.17. The zero-order valence-electron chi connectivity index (χ0n) is 11.3. The van der Waals surface area contributed by atoms with E-state index in [0.717, 1.165) is 17.4 Å². The van der Waals surface area contributed by atoms with E-state index in [1.54, 1.807) is 7.05 Å². The fourth-order valence-corrected chi connectivity index (χ4v) is 1.64. The third kappa shape index (κ3) is 4.05. The zero-order chi connectivity index (χ0) is 13.0. The van der Waals surface area contributed by atoms with Gasteiger partial charge in [0, 0.05) is 19.3 Å². The lowest BCUT2D eigenvalue weighted by Crippen LogP contribution is -2.40. The number of halogens is 1. The molecule has 6 nitrogen and oxygen atoms in total. The zero-order valence-corrected chi connectivity index (χ0v) is 13.6. The number of pyridine rings is 1. The van der Waals surface area contributed by atoms with Gasteiger partial charge in [0.1, 0.15) is 0 Å². The first-order chi connectivity index (χ1) is 8.70. The van der Waals surface area contributed by atoms with Crippen molar-refractivity contribution in [1.82, 2.24) is 25.2 Å². The summed E-state index contributed by atoms with van der Waals surface area (Å²) in [7, 11) is 1.75. The first-order valence-corrected chi connectivity index (χ1v) is 5.96. The van der Waals surface area contributed by atoms with Crippen LogP contribution in [0.4, 0.5) is 0 Å². The summed E-state index contributed by atoms with van der Waals surface area (Å²) < 4.78 is 1.95. The van der Waals surface area contributed by atoms with E-state index in [9.17, 15) is 0 Å². The molecule has 19 heavy (non-hydrogen) atoms. The Kier molecular flexibility index (Phi) is 6.00. The van der Waals surface area contributed by atoms with E-state index in [1.807, 2.05) is 28.8 Å². The lowest BCUT2D eigenvalue weighted by atomic mass is 10.4. The largest absolute Gasteiger partial charge is 0.354 e. The van der Waals surface area contributed by atoms with Gasteiger partial charge in [-0.25, -0.2) is 0 Å². The van der Waals surface area contributed by atoms with Gasteiger partial charge in [0.2, 0.25) is 0 Å². The van der Waals surface area contributed by atoms with Crippen molar-refractivity contribution in [1.29, 1.82) is 0 Å². The minimum atomic E-state index is 0. The Bertz CT molecular complexity index is 548. The number of fused-ring (bicyclic) bond motifs is 1. The van der Waals surface area contributed by atoms with Crippen molar-refractivity contribution in [2.24, 2.45) is 4.99 Å². The molecule has 2 aromatic rings. The van der Waals surface area contributed by atoms with Crippen molar-refractivity contribution in [2.75, 3.05) is 7.05 Å². The summed E-state index contributed by atoms with van der Waals surface area (Å²) in [5.74, 6) is 1.62. The highest BCUT2D eigenvalue weighted by atomic mass is 127. The van der Waals surface area contributed by atoms with Crippen LogP contribution in [-0.2, 0) is 6.54 Å². The van der Waals surface area contributed by atoms with Crippen molar-refractivity contribution in [3.8, 4) is 0 Å². The number of nitrogens with zero attached hydrogens (tertiary/aromatic N) is 4. The summed E-state index contributed by atoms with van der Waals surface area (Å²) in [6.45, 7) is 4.72. The van der Waals surface area contributed by atoms with Crippen molar-refractivity contribution in [2.45, 2.75) is 26.4 Å². The fourth-order valence-electron chi connectivity index (χ4n) is 1.64. The average Bonchev–Trinajstić information content (AvgIpc) is 2.77. The Morgan fingerprint density at radius 3 is 2.84 bits per heavy atom. The van der Waals surface area contributed by atoms with E-state index in [-0.39, 0.29) is 24.0 Å². The number of aliphatic imine (C=N–C) groups is 1. The van der Waals surface area contributed by atoms with E-state index in [2.05, 4.69) is 39.7 Å². The molecular formula is C12H19IN6. The molecule has 104 valence electrons. The van der Waals surface area contributed by atoms with Crippen LogP contribution in [0, 0.1) is 0 Å². The molecule has 0 aliphatic rings. The third-order valence-electron chi connectivity index (χ3n) is 2.45. The van der Waals surface area contributed by atoms with Gasteiger partial charge in [-0.3, -0.25) is 9.39 Å². The predicted octanol–water partition coefficient (Wildman–Crippen LogP) is 1.42. The fraction of sp³-hybridized carbons (Fsp3) is 0.417. The Hall–Kier alpha value is -1.38. The minimum Gasteiger partial charge on any atom is -0.354 e. The van der Waals surface area contributed by atoms with Gasteiger partial charge in [-0.2, -0.15) is 0 Å². The number of hydrogen-bond donors (Lipinski definition) is 2. The molecule has 0 atom stereocenters. The average molecular weight is 374 g/mol. The summed E-state index contributed by atoms with van der Waals surface area (Å²) in [6.07, 6.45) is 1.95. The number of rotatable bonds is 3. The first kappa shape index (κ1) is 15.7. The molecule has 0 saturated carbocycles. The second-order valence-electron chi connectivity index (χ2n) is 4.27. The van der Waals surface area contributed by atoms with Crippen molar-refractivity contribution < 1.29 is 0 Å². The molecule has 0 unspecified atom stereocenters. The van der Waals surface area contributed by atoms with Crippen molar-refractivity contribution in [3.63, 3.8) is 0 Å². The van der Waals surface area contributed by atoms with Gasteiger partial charge in [-0.15, -0.1) is 34.2 Å². The summed E-state index contributed by atoms with van der Waals surface area (Å²) in [4.78, 5) is 4.14. The van der Waals surface area contributed by atoms with Crippen LogP contribution in [0.25, 0.3) is 5.65 Å². The van der Waals surface area contributed by atoms with Crippen LogP contribution in [0.3, 0.4) is 0 Å². The van der Waals surface area contributed by atoms with E-state index >= 15 is 0 Å².